The van der Waals surface area contributed by atoms with E-state index in [1.807, 2.05) is 12.1 Å². The maximum Gasteiger partial charge on any atom is 0.0459 e. The molecule has 1 atom stereocenters. The van der Waals surface area contributed by atoms with E-state index in [9.17, 15) is 0 Å². The number of hydrogen-bond donors (Lipinski definition) is 1. The molecule has 18 heavy (non-hydrogen) atoms. The standard InChI is InChI=1S/C14H20ClN3/c1-17-11(10-18-7-5-16-6-8-18)9-12-13(15)3-2-4-14(12)17/h2-4,11,16H,5-10H2,1H3. The highest BCUT2D eigenvalue weighted by Crippen LogP contribution is 2.35. The van der Waals surface area contributed by atoms with Crippen LogP contribution in [-0.4, -0.2) is 50.7 Å². The molecule has 3 nitrogen and oxygen atoms in total. The number of hydrogen-bond acceptors (Lipinski definition) is 3. The van der Waals surface area contributed by atoms with Crippen molar-refractivity contribution in [2.75, 3.05) is 44.7 Å². The van der Waals surface area contributed by atoms with Gasteiger partial charge in [-0.05, 0) is 24.1 Å². The zero-order chi connectivity index (χ0) is 12.5. The highest BCUT2D eigenvalue weighted by atomic mass is 35.5. The number of nitrogens with one attached hydrogen (secondary N) is 1. The molecule has 0 spiro atoms. The van der Waals surface area contributed by atoms with Gasteiger partial charge in [-0.1, -0.05) is 17.7 Å². The first-order chi connectivity index (χ1) is 8.75. The fraction of sp³-hybridized carbons (Fsp3) is 0.571. The quantitative estimate of drug-likeness (QED) is 0.877. The van der Waals surface area contributed by atoms with Crippen LogP contribution in [0.2, 0.25) is 5.02 Å². The Labute approximate surface area is 114 Å². The van der Waals surface area contributed by atoms with Crippen LogP contribution in [0.1, 0.15) is 5.56 Å². The molecule has 4 heteroatoms. The van der Waals surface area contributed by atoms with Crippen LogP contribution in [-0.2, 0) is 6.42 Å². The number of fused-ring (bicyclic) bond motifs is 1. The van der Waals surface area contributed by atoms with Crippen molar-refractivity contribution in [3.8, 4) is 0 Å². The average molecular weight is 266 g/mol. The smallest absolute Gasteiger partial charge is 0.0459 e. The Kier molecular flexibility index (Phi) is 3.46. The molecule has 1 fully saturated rings. The third-order valence-electron chi connectivity index (χ3n) is 4.14. The van der Waals surface area contributed by atoms with Gasteiger partial charge in [0.2, 0.25) is 0 Å². The molecule has 1 N–H and O–H groups in total. The molecule has 98 valence electrons. The lowest BCUT2D eigenvalue weighted by molar-refractivity contribution is 0.227. The van der Waals surface area contributed by atoms with E-state index in [0.717, 1.165) is 44.2 Å². The summed E-state index contributed by atoms with van der Waals surface area (Å²) in [5, 5.41) is 4.32. The van der Waals surface area contributed by atoms with Gasteiger partial charge in [0.1, 0.15) is 0 Å². The Bertz CT molecular complexity index is 429. The molecule has 0 amide bonds. The number of piperazine rings is 1. The number of rotatable bonds is 2. The van der Waals surface area contributed by atoms with Crippen LogP contribution in [0.15, 0.2) is 18.2 Å². The second kappa shape index (κ2) is 5.08. The van der Waals surface area contributed by atoms with E-state index in [2.05, 4.69) is 28.2 Å². The number of likely N-dealkylation sites (N-methyl/N-ethyl adjacent to an activating group) is 1. The third-order valence-corrected chi connectivity index (χ3v) is 4.49. The molecule has 1 aromatic rings. The topological polar surface area (TPSA) is 18.5 Å². The van der Waals surface area contributed by atoms with Crippen molar-refractivity contribution in [3.05, 3.63) is 28.8 Å². The molecule has 3 rings (SSSR count). The van der Waals surface area contributed by atoms with E-state index in [1.165, 1.54) is 11.3 Å². The van der Waals surface area contributed by atoms with Gasteiger partial charge in [-0.15, -0.1) is 0 Å². The van der Waals surface area contributed by atoms with Crippen molar-refractivity contribution in [3.63, 3.8) is 0 Å². The molecular weight excluding hydrogens is 246 g/mol. The van der Waals surface area contributed by atoms with Crippen LogP contribution in [0.5, 0.6) is 0 Å². The van der Waals surface area contributed by atoms with E-state index < -0.39 is 0 Å². The van der Waals surface area contributed by atoms with E-state index >= 15 is 0 Å². The molecule has 2 aliphatic rings. The van der Waals surface area contributed by atoms with Gasteiger partial charge in [-0.2, -0.15) is 0 Å². The van der Waals surface area contributed by atoms with Crippen molar-refractivity contribution in [1.82, 2.24) is 10.2 Å². The molecule has 2 heterocycles. The molecule has 0 aromatic heterocycles. The summed E-state index contributed by atoms with van der Waals surface area (Å²) in [4.78, 5) is 4.95. The maximum atomic E-state index is 6.29. The summed E-state index contributed by atoms with van der Waals surface area (Å²) in [5.41, 5.74) is 2.63. The molecule has 0 bridgehead atoms. The first-order valence-electron chi connectivity index (χ1n) is 6.69. The van der Waals surface area contributed by atoms with Gasteiger partial charge in [0.25, 0.3) is 0 Å². The van der Waals surface area contributed by atoms with E-state index in [-0.39, 0.29) is 0 Å². The predicted molar refractivity (Wildman–Crippen MR) is 76.7 cm³/mol. The summed E-state index contributed by atoms with van der Waals surface area (Å²) in [7, 11) is 2.19. The summed E-state index contributed by atoms with van der Waals surface area (Å²) in [6, 6.07) is 6.80. The summed E-state index contributed by atoms with van der Waals surface area (Å²) < 4.78 is 0. The first kappa shape index (κ1) is 12.3. The Morgan fingerprint density at radius 3 is 2.83 bits per heavy atom. The van der Waals surface area contributed by atoms with Crippen LogP contribution in [0.3, 0.4) is 0 Å². The molecule has 0 saturated carbocycles. The minimum absolute atomic E-state index is 0.568. The molecule has 1 aromatic carbocycles. The number of halogens is 1. The highest BCUT2D eigenvalue weighted by Gasteiger charge is 2.29. The van der Waals surface area contributed by atoms with Gasteiger partial charge in [-0.3, -0.25) is 4.90 Å². The Balaban J connectivity index is 1.71. The monoisotopic (exact) mass is 265 g/mol. The molecule has 0 radical (unpaired) electrons. The Morgan fingerprint density at radius 1 is 1.33 bits per heavy atom. The summed E-state index contributed by atoms with van der Waals surface area (Å²) in [5.74, 6) is 0. The second-order valence-corrected chi connectivity index (χ2v) is 5.66. The number of benzene rings is 1. The lowest BCUT2D eigenvalue weighted by Gasteiger charge is -2.32. The van der Waals surface area contributed by atoms with E-state index in [0.29, 0.717) is 6.04 Å². The number of nitrogens with zero attached hydrogens (tertiary/aromatic N) is 2. The Hall–Kier alpha value is -0.770. The fourth-order valence-corrected chi connectivity index (χ4v) is 3.27. The normalized spacial score (nSPS) is 24.3. The van der Waals surface area contributed by atoms with E-state index in [4.69, 9.17) is 11.6 Å². The van der Waals surface area contributed by atoms with Crippen molar-refractivity contribution in [2.45, 2.75) is 12.5 Å². The van der Waals surface area contributed by atoms with Crippen molar-refractivity contribution in [1.29, 1.82) is 0 Å². The number of anilines is 1. The molecular formula is C14H20ClN3. The van der Waals surface area contributed by atoms with Crippen LogP contribution in [0, 0.1) is 0 Å². The van der Waals surface area contributed by atoms with Gasteiger partial charge >= 0.3 is 0 Å². The average Bonchev–Trinajstić information content (AvgIpc) is 2.70. The van der Waals surface area contributed by atoms with Gasteiger partial charge < -0.3 is 10.2 Å². The predicted octanol–water partition coefficient (Wildman–Crippen LogP) is 1.61. The highest BCUT2D eigenvalue weighted by molar-refractivity contribution is 6.31. The summed E-state index contributed by atoms with van der Waals surface area (Å²) in [6.45, 7) is 5.69. The van der Waals surface area contributed by atoms with E-state index in [1.54, 1.807) is 0 Å². The summed E-state index contributed by atoms with van der Waals surface area (Å²) >= 11 is 6.29. The van der Waals surface area contributed by atoms with Crippen LogP contribution in [0.4, 0.5) is 5.69 Å². The van der Waals surface area contributed by atoms with Gasteiger partial charge in [0, 0.05) is 56.5 Å². The molecule has 2 aliphatic heterocycles. The molecule has 1 saturated heterocycles. The Morgan fingerprint density at radius 2 is 2.11 bits per heavy atom. The minimum atomic E-state index is 0.568. The van der Waals surface area contributed by atoms with Gasteiger partial charge in [0.15, 0.2) is 0 Å². The van der Waals surface area contributed by atoms with Gasteiger partial charge in [0.05, 0.1) is 0 Å². The van der Waals surface area contributed by atoms with Gasteiger partial charge in [-0.25, -0.2) is 0 Å². The van der Waals surface area contributed by atoms with Crippen LogP contribution in [0.25, 0.3) is 0 Å². The van der Waals surface area contributed by atoms with Crippen molar-refractivity contribution >= 4 is 17.3 Å². The second-order valence-electron chi connectivity index (χ2n) is 5.26. The van der Waals surface area contributed by atoms with Crippen molar-refractivity contribution in [2.24, 2.45) is 0 Å². The molecule has 0 aliphatic carbocycles. The zero-order valence-electron chi connectivity index (χ0n) is 10.8. The van der Waals surface area contributed by atoms with Crippen LogP contribution < -0.4 is 10.2 Å². The van der Waals surface area contributed by atoms with Crippen molar-refractivity contribution < 1.29 is 0 Å². The zero-order valence-corrected chi connectivity index (χ0v) is 11.6. The summed E-state index contributed by atoms with van der Waals surface area (Å²) in [6.07, 6.45) is 1.08. The van der Waals surface area contributed by atoms with Crippen LogP contribution >= 0.6 is 11.6 Å². The lowest BCUT2D eigenvalue weighted by atomic mass is 10.1. The SMILES string of the molecule is CN1c2cccc(Cl)c2CC1CN1CCNCC1. The minimum Gasteiger partial charge on any atom is -0.370 e. The first-order valence-corrected chi connectivity index (χ1v) is 7.07. The lowest BCUT2D eigenvalue weighted by Crippen LogP contribution is -2.48. The largest absolute Gasteiger partial charge is 0.370 e. The maximum absolute atomic E-state index is 6.29. The third kappa shape index (κ3) is 2.22. The molecule has 1 unspecified atom stereocenters. The fourth-order valence-electron chi connectivity index (χ4n) is 3.03.